The van der Waals surface area contributed by atoms with Gasteiger partial charge in [0, 0.05) is 19.2 Å². The van der Waals surface area contributed by atoms with Crippen LogP contribution in [-0.2, 0) is 9.47 Å². The third-order valence-electron chi connectivity index (χ3n) is 5.93. The fraction of sp³-hybridized carbons (Fsp3) is 0.500. The number of carboxylic acids is 1. The lowest BCUT2D eigenvalue weighted by Crippen LogP contribution is -2.56. The second-order valence-electron chi connectivity index (χ2n) is 8.87. The number of amides is 2. The second-order valence-corrected chi connectivity index (χ2v) is 8.87. The highest BCUT2D eigenvalue weighted by atomic mass is 16.7. The summed E-state index contributed by atoms with van der Waals surface area (Å²) in [5.74, 6) is -1.31. The Morgan fingerprint density at radius 2 is 2.18 bits per heavy atom. The van der Waals surface area contributed by atoms with Crippen molar-refractivity contribution in [2.24, 2.45) is 0 Å². The normalized spacial score (nSPS) is 22.8. The molecule has 34 heavy (non-hydrogen) atoms. The molecule has 0 spiro atoms. The largest absolute Gasteiger partial charge is 0.475 e. The summed E-state index contributed by atoms with van der Waals surface area (Å²) in [4.78, 5) is 40.9. The van der Waals surface area contributed by atoms with E-state index in [1.807, 2.05) is 13.8 Å². The quantitative estimate of drug-likeness (QED) is 0.668. The highest BCUT2D eigenvalue weighted by Gasteiger charge is 2.39. The van der Waals surface area contributed by atoms with Crippen molar-refractivity contribution in [2.75, 3.05) is 41.4 Å². The number of aromatic carboxylic acids is 1. The van der Waals surface area contributed by atoms with Crippen molar-refractivity contribution >= 4 is 29.3 Å². The average Bonchev–Trinajstić information content (AvgIpc) is 3.16. The third-order valence-corrected chi connectivity index (χ3v) is 5.93. The van der Waals surface area contributed by atoms with Gasteiger partial charge in [-0.2, -0.15) is 4.98 Å². The predicted molar refractivity (Wildman–Crippen MR) is 120 cm³/mol. The molecule has 2 N–H and O–H groups in total. The first-order valence-corrected chi connectivity index (χ1v) is 11.2. The standard InChI is InChI=1S/C22H26N6O6/c1-22(2)33-12-14(34-22)11-32-17-7-3-6-16(24-17)25-21(31)28-13-5-4-8-27(10-13)15-9-23-18(20(29)30)26-19(15)28/h3,6-7,9,13-14H,4-5,8,10-12H2,1-2H3,(H,29,30)(H,24,25,31)/t13-,14+/m0/s1. The maximum Gasteiger partial charge on any atom is 0.374 e. The fourth-order valence-electron chi connectivity index (χ4n) is 4.45. The van der Waals surface area contributed by atoms with Gasteiger partial charge in [-0.05, 0) is 32.8 Å². The summed E-state index contributed by atoms with van der Waals surface area (Å²) in [7, 11) is 0. The minimum atomic E-state index is -1.25. The van der Waals surface area contributed by atoms with Crippen LogP contribution in [0.2, 0.25) is 0 Å². The number of nitrogens with one attached hydrogen (secondary N) is 1. The van der Waals surface area contributed by atoms with Gasteiger partial charge in [-0.3, -0.25) is 10.2 Å². The molecule has 5 rings (SSSR count). The smallest absolute Gasteiger partial charge is 0.374 e. The maximum atomic E-state index is 13.3. The number of carbonyl (C=O) groups excluding carboxylic acids is 1. The lowest BCUT2D eigenvalue weighted by atomic mass is 10.0. The summed E-state index contributed by atoms with van der Waals surface area (Å²) in [6.07, 6.45) is 2.94. The van der Waals surface area contributed by atoms with Crippen LogP contribution in [0.25, 0.3) is 0 Å². The number of ether oxygens (including phenoxy) is 3. The molecule has 0 aliphatic carbocycles. The van der Waals surface area contributed by atoms with Gasteiger partial charge < -0.3 is 24.2 Å². The summed E-state index contributed by atoms with van der Waals surface area (Å²) in [5, 5.41) is 12.1. The molecule has 3 aliphatic rings. The Balaban J connectivity index is 1.32. The highest BCUT2D eigenvalue weighted by molar-refractivity contribution is 6.04. The van der Waals surface area contributed by atoms with E-state index in [1.54, 1.807) is 18.2 Å². The predicted octanol–water partition coefficient (Wildman–Crippen LogP) is 2.12. The van der Waals surface area contributed by atoms with Gasteiger partial charge in [0.25, 0.3) is 0 Å². The Bertz CT molecular complexity index is 1110. The molecule has 5 heterocycles. The molecule has 12 nitrogen and oxygen atoms in total. The second kappa shape index (κ2) is 8.69. The Morgan fingerprint density at radius 1 is 1.32 bits per heavy atom. The lowest BCUT2D eigenvalue weighted by Gasteiger charge is -2.45. The minimum absolute atomic E-state index is 0.139. The van der Waals surface area contributed by atoms with Gasteiger partial charge in [0.15, 0.2) is 11.6 Å². The Morgan fingerprint density at radius 3 is 2.94 bits per heavy atom. The Kier molecular flexibility index (Phi) is 5.70. The molecule has 0 radical (unpaired) electrons. The first kappa shape index (κ1) is 22.3. The third kappa shape index (κ3) is 4.46. The van der Waals surface area contributed by atoms with Gasteiger partial charge in [0.2, 0.25) is 11.7 Å². The molecule has 2 aromatic heterocycles. The number of carbonyl (C=O) groups is 2. The van der Waals surface area contributed by atoms with Gasteiger partial charge >= 0.3 is 12.0 Å². The number of fused-ring (bicyclic) bond motifs is 4. The molecule has 2 aromatic rings. The number of piperidine rings is 1. The van der Waals surface area contributed by atoms with Crippen molar-refractivity contribution in [3.05, 3.63) is 30.2 Å². The van der Waals surface area contributed by atoms with Crippen molar-refractivity contribution < 1.29 is 28.9 Å². The molecule has 0 saturated carbocycles. The molecular weight excluding hydrogens is 444 g/mol. The van der Waals surface area contributed by atoms with E-state index in [0.29, 0.717) is 30.5 Å². The van der Waals surface area contributed by atoms with E-state index in [9.17, 15) is 14.7 Å². The number of anilines is 3. The highest BCUT2D eigenvalue weighted by Crippen LogP contribution is 2.37. The molecule has 180 valence electrons. The number of pyridine rings is 1. The van der Waals surface area contributed by atoms with Crippen LogP contribution in [0.3, 0.4) is 0 Å². The van der Waals surface area contributed by atoms with Crippen LogP contribution in [0.1, 0.15) is 37.3 Å². The summed E-state index contributed by atoms with van der Waals surface area (Å²) >= 11 is 0. The van der Waals surface area contributed by atoms with E-state index in [0.717, 1.165) is 19.4 Å². The van der Waals surface area contributed by atoms with E-state index in [-0.39, 0.29) is 30.4 Å². The molecule has 2 saturated heterocycles. The van der Waals surface area contributed by atoms with Crippen molar-refractivity contribution in [1.82, 2.24) is 15.0 Å². The van der Waals surface area contributed by atoms with Crippen LogP contribution in [0.15, 0.2) is 24.4 Å². The fourth-order valence-corrected chi connectivity index (χ4v) is 4.45. The number of rotatable bonds is 5. The molecule has 3 aliphatic heterocycles. The molecular formula is C22H26N6O6. The molecule has 2 amide bonds. The number of nitrogens with zero attached hydrogens (tertiary/aromatic N) is 5. The van der Waals surface area contributed by atoms with E-state index >= 15 is 0 Å². The zero-order valence-electron chi connectivity index (χ0n) is 18.9. The lowest BCUT2D eigenvalue weighted by molar-refractivity contribution is -0.141. The van der Waals surface area contributed by atoms with Gasteiger partial charge in [-0.15, -0.1) is 0 Å². The molecule has 2 atom stereocenters. The molecule has 0 aromatic carbocycles. The number of urea groups is 1. The molecule has 2 fully saturated rings. The van der Waals surface area contributed by atoms with Crippen LogP contribution in [0, 0.1) is 0 Å². The van der Waals surface area contributed by atoms with Crippen molar-refractivity contribution in [1.29, 1.82) is 0 Å². The van der Waals surface area contributed by atoms with Crippen LogP contribution < -0.4 is 19.9 Å². The van der Waals surface area contributed by atoms with Gasteiger partial charge in [0.05, 0.1) is 24.5 Å². The summed E-state index contributed by atoms with van der Waals surface area (Å²) in [5.41, 5.74) is 0.642. The zero-order chi connectivity index (χ0) is 23.9. The van der Waals surface area contributed by atoms with Crippen molar-refractivity contribution in [2.45, 2.75) is 44.6 Å². The Hall–Kier alpha value is -3.51. The van der Waals surface area contributed by atoms with Gasteiger partial charge in [-0.25, -0.2) is 19.6 Å². The Labute approximate surface area is 195 Å². The maximum absolute atomic E-state index is 13.3. The number of aromatic nitrogens is 3. The SMILES string of the molecule is CC1(C)OC[C@@H](COc2cccc(NC(=O)N3c4nc(C(=O)O)ncc4N4CCC[C@H]3C4)n2)O1. The number of hydrogen-bond donors (Lipinski definition) is 2. The summed E-state index contributed by atoms with van der Waals surface area (Å²) < 4.78 is 17.0. The van der Waals surface area contributed by atoms with E-state index in [1.165, 1.54) is 11.1 Å². The topological polar surface area (TPSA) is 139 Å². The molecule has 2 bridgehead atoms. The summed E-state index contributed by atoms with van der Waals surface area (Å²) in [6, 6.07) is 4.49. The number of hydrogen-bond acceptors (Lipinski definition) is 9. The number of carboxylic acid groups (broad SMARTS) is 1. The minimum Gasteiger partial charge on any atom is -0.475 e. The molecule has 0 unspecified atom stereocenters. The van der Waals surface area contributed by atoms with Crippen molar-refractivity contribution in [3.63, 3.8) is 0 Å². The monoisotopic (exact) mass is 470 g/mol. The van der Waals surface area contributed by atoms with E-state index in [2.05, 4.69) is 25.2 Å². The van der Waals surface area contributed by atoms with Crippen LogP contribution >= 0.6 is 0 Å². The molecule has 12 heteroatoms. The van der Waals surface area contributed by atoms with Crippen LogP contribution in [0.4, 0.5) is 22.1 Å². The van der Waals surface area contributed by atoms with E-state index < -0.39 is 17.8 Å². The first-order valence-electron chi connectivity index (χ1n) is 11.2. The van der Waals surface area contributed by atoms with Crippen molar-refractivity contribution in [3.8, 4) is 5.88 Å². The van der Waals surface area contributed by atoms with E-state index in [4.69, 9.17) is 14.2 Å². The summed E-state index contributed by atoms with van der Waals surface area (Å²) in [6.45, 7) is 5.82. The zero-order valence-corrected chi connectivity index (χ0v) is 18.9. The van der Waals surface area contributed by atoms with Crippen LogP contribution in [-0.4, -0.2) is 76.3 Å². The average molecular weight is 470 g/mol. The van der Waals surface area contributed by atoms with Gasteiger partial charge in [-0.1, -0.05) is 6.07 Å². The first-order chi connectivity index (χ1) is 16.3. The van der Waals surface area contributed by atoms with Gasteiger partial charge in [0.1, 0.15) is 18.5 Å². The van der Waals surface area contributed by atoms with Crippen LogP contribution in [0.5, 0.6) is 5.88 Å².